The summed E-state index contributed by atoms with van der Waals surface area (Å²) in [6.07, 6.45) is 1.86. The zero-order valence-corrected chi connectivity index (χ0v) is 13.3. The van der Waals surface area contributed by atoms with Crippen molar-refractivity contribution >= 4 is 0 Å². The smallest absolute Gasteiger partial charge is 0.0518 e. The van der Waals surface area contributed by atoms with Crippen molar-refractivity contribution < 1.29 is 0 Å². The van der Waals surface area contributed by atoms with E-state index in [1.54, 1.807) is 0 Å². The molecule has 2 rings (SSSR count). The topological polar surface area (TPSA) is 36.3 Å². The first kappa shape index (κ1) is 15.5. The standard InChI is InChI=1S/C15H29N5/c1-13(2)15(20-9-7-18(3)8-10-20)12-16-11-14-5-6-17-19(14)4/h5-6,13,15-16H,7-12H2,1-4H3. The van der Waals surface area contributed by atoms with Crippen LogP contribution in [-0.2, 0) is 13.6 Å². The molecule has 1 N–H and O–H groups in total. The molecule has 5 heteroatoms. The Morgan fingerprint density at radius 1 is 1.20 bits per heavy atom. The molecule has 1 aromatic rings. The minimum absolute atomic E-state index is 0.622. The Morgan fingerprint density at radius 3 is 2.45 bits per heavy atom. The summed E-state index contributed by atoms with van der Waals surface area (Å²) in [5.74, 6) is 0.678. The van der Waals surface area contributed by atoms with E-state index in [2.05, 4.69) is 47.2 Å². The lowest BCUT2D eigenvalue weighted by atomic mass is 10.0. The molecule has 0 aromatic carbocycles. The predicted octanol–water partition coefficient (Wildman–Crippen LogP) is 0.782. The van der Waals surface area contributed by atoms with Gasteiger partial charge in [-0.1, -0.05) is 13.8 Å². The average Bonchev–Trinajstić information content (AvgIpc) is 2.81. The highest BCUT2D eigenvalue weighted by Gasteiger charge is 2.24. The van der Waals surface area contributed by atoms with Crippen LogP contribution < -0.4 is 5.32 Å². The second-order valence-electron chi connectivity index (χ2n) is 6.23. The van der Waals surface area contributed by atoms with Crippen molar-refractivity contribution in [1.82, 2.24) is 24.9 Å². The molecule has 114 valence electrons. The third kappa shape index (κ3) is 4.04. The highest BCUT2D eigenvalue weighted by atomic mass is 15.3. The van der Waals surface area contributed by atoms with Crippen molar-refractivity contribution in [3.63, 3.8) is 0 Å². The monoisotopic (exact) mass is 279 g/mol. The maximum absolute atomic E-state index is 4.21. The fraction of sp³-hybridized carbons (Fsp3) is 0.800. The van der Waals surface area contributed by atoms with Gasteiger partial charge in [-0.2, -0.15) is 5.10 Å². The van der Waals surface area contributed by atoms with Gasteiger partial charge in [0, 0.05) is 58.6 Å². The lowest BCUT2D eigenvalue weighted by molar-refractivity contribution is 0.0874. The van der Waals surface area contributed by atoms with Crippen LogP contribution in [0, 0.1) is 5.92 Å². The van der Waals surface area contributed by atoms with Crippen LogP contribution in [0.15, 0.2) is 12.3 Å². The zero-order chi connectivity index (χ0) is 14.5. The molecule has 1 aromatic heterocycles. The van der Waals surface area contributed by atoms with Gasteiger partial charge in [-0.15, -0.1) is 0 Å². The molecule has 0 spiro atoms. The van der Waals surface area contributed by atoms with E-state index < -0.39 is 0 Å². The highest BCUT2D eigenvalue weighted by Crippen LogP contribution is 2.13. The average molecular weight is 279 g/mol. The van der Waals surface area contributed by atoms with Crippen LogP contribution in [-0.4, -0.2) is 65.4 Å². The quantitative estimate of drug-likeness (QED) is 0.835. The molecule has 1 aliphatic heterocycles. The third-order valence-electron chi connectivity index (χ3n) is 4.36. The molecular formula is C15H29N5. The molecule has 20 heavy (non-hydrogen) atoms. The van der Waals surface area contributed by atoms with Gasteiger partial charge in [0.05, 0.1) is 5.69 Å². The van der Waals surface area contributed by atoms with Gasteiger partial charge < -0.3 is 10.2 Å². The van der Waals surface area contributed by atoms with E-state index in [1.165, 1.54) is 31.9 Å². The van der Waals surface area contributed by atoms with Gasteiger partial charge in [0.2, 0.25) is 0 Å². The Labute approximate surface area is 122 Å². The summed E-state index contributed by atoms with van der Waals surface area (Å²) in [6.45, 7) is 11.3. The number of likely N-dealkylation sites (N-methyl/N-ethyl adjacent to an activating group) is 1. The maximum Gasteiger partial charge on any atom is 0.0518 e. The summed E-state index contributed by atoms with van der Waals surface area (Å²) < 4.78 is 1.94. The molecule has 0 bridgehead atoms. The molecule has 1 aliphatic rings. The van der Waals surface area contributed by atoms with Crippen molar-refractivity contribution in [3.05, 3.63) is 18.0 Å². The van der Waals surface area contributed by atoms with Crippen LogP contribution in [0.1, 0.15) is 19.5 Å². The van der Waals surface area contributed by atoms with Gasteiger partial charge in [-0.05, 0) is 19.0 Å². The van der Waals surface area contributed by atoms with Crippen LogP contribution in [0.2, 0.25) is 0 Å². The Hall–Kier alpha value is -0.910. The summed E-state index contributed by atoms with van der Waals surface area (Å²) in [4.78, 5) is 5.05. The van der Waals surface area contributed by atoms with E-state index >= 15 is 0 Å². The Kier molecular flexibility index (Phi) is 5.57. The van der Waals surface area contributed by atoms with Crippen molar-refractivity contribution in [2.75, 3.05) is 39.8 Å². The molecule has 1 unspecified atom stereocenters. The zero-order valence-electron chi connectivity index (χ0n) is 13.3. The molecule has 1 atom stereocenters. The molecule has 5 nitrogen and oxygen atoms in total. The number of nitrogens with one attached hydrogen (secondary N) is 1. The molecular weight excluding hydrogens is 250 g/mol. The number of piperazine rings is 1. The van der Waals surface area contributed by atoms with Gasteiger partial charge >= 0.3 is 0 Å². The first-order valence-electron chi connectivity index (χ1n) is 7.68. The molecule has 0 amide bonds. The SMILES string of the molecule is CC(C)C(CNCc1ccnn1C)N1CCN(C)CC1. The summed E-state index contributed by atoms with van der Waals surface area (Å²) in [5, 5.41) is 7.81. The number of hydrogen-bond donors (Lipinski definition) is 1. The second kappa shape index (κ2) is 7.20. The van der Waals surface area contributed by atoms with Crippen LogP contribution in [0.3, 0.4) is 0 Å². The van der Waals surface area contributed by atoms with Crippen molar-refractivity contribution in [3.8, 4) is 0 Å². The molecule has 2 heterocycles. The van der Waals surface area contributed by atoms with E-state index in [0.717, 1.165) is 13.1 Å². The summed E-state index contributed by atoms with van der Waals surface area (Å²) >= 11 is 0. The minimum Gasteiger partial charge on any atom is -0.310 e. The molecule has 0 saturated carbocycles. The normalized spacial score (nSPS) is 19.6. The lowest BCUT2D eigenvalue weighted by Gasteiger charge is -2.40. The molecule has 1 saturated heterocycles. The molecule has 0 radical (unpaired) electrons. The van der Waals surface area contributed by atoms with Gasteiger partial charge in [0.25, 0.3) is 0 Å². The number of nitrogens with zero attached hydrogens (tertiary/aromatic N) is 4. The van der Waals surface area contributed by atoms with E-state index in [0.29, 0.717) is 12.0 Å². The summed E-state index contributed by atoms with van der Waals surface area (Å²) in [6, 6.07) is 2.70. The molecule has 1 fully saturated rings. The van der Waals surface area contributed by atoms with Gasteiger partial charge in [-0.25, -0.2) is 0 Å². The first-order valence-corrected chi connectivity index (χ1v) is 7.68. The highest BCUT2D eigenvalue weighted by molar-refractivity contribution is 4.99. The van der Waals surface area contributed by atoms with Crippen molar-refractivity contribution in [2.45, 2.75) is 26.4 Å². The predicted molar refractivity (Wildman–Crippen MR) is 82.6 cm³/mol. The lowest BCUT2D eigenvalue weighted by Crippen LogP contribution is -2.53. The molecule has 0 aliphatic carbocycles. The second-order valence-corrected chi connectivity index (χ2v) is 6.23. The van der Waals surface area contributed by atoms with E-state index in [4.69, 9.17) is 0 Å². The fourth-order valence-electron chi connectivity index (χ4n) is 2.86. The van der Waals surface area contributed by atoms with Gasteiger partial charge in [-0.3, -0.25) is 9.58 Å². The summed E-state index contributed by atoms with van der Waals surface area (Å²) in [7, 11) is 4.21. The van der Waals surface area contributed by atoms with E-state index in [-0.39, 0.29) is 0 Å². The first-order chi connectivity index (χ1) is 9.58. The summed E-state index contributed by atoms with van der Waals surface area (Å²) in [5.41, 5.74) is 1.24. The van der Waals surface area contributed by atoms with Crippen molar-refractivity contribution in [2.24, 2.45) is 13.0 Å². The number of rotatable bonds is 6. The largest absolute Gasteiger partial charge is 0.310 e. The van der Waals surface area contributed by atoms with E-state index in [1.807, 2.05) is 17.9 Å². The minimum atomic E-state index is 0.622. The van der Waals surface area contributed by atoms with E-state index in [9.17, 15) is 0 Å². The maximum atomic E-state index is 4.21. The van der Waals surface area contributed by atoms with Gasteiger partial charge in [0.15, 0.2) is 0 Å². The Balaban J connectivity index is 1.82. The van der Waals surface area contributed by atoms with Crippen LogP contribution in [0.25, 0.3) is 0 Å². The Bertz CT molecular complexity index is 393. The van der Waals surface area contributed by atoms with Crippen LogP contribution in [0.4, 0.5) is 0 Å². The van der Waals surface area contributed by atoms with Crippen LogP contribution in [0.5, 0.6) is 0 Å². The number of hydrogen-bond acceptors (Lipinski definition) is 4. The Morgan fingerprint density at radius 2 is 1.90 bits per heavy atom. The number of aromatic nitrogens is 2. The van der Waals surface area contributed by atoms with Crippen molar-refractivity contribution in [1.29, 1.82) is 0 Å². The third-order valence-corrected chi connectivity index (χ3v) is 4.36. The number of aryl methyl sites for hydroxylation is 1. The van der Waals surface area contributed by atoms with Crippen LogP contribution >= 0.6 is 0 Å². The van der Waals surface area contributed by atoms with Gasteiger partial charge in [0.1, 0.15) is 0 Å². The fourth-order valence-corrected chi connectivity index (χ4v) is 2.86.